The lowest BCUT2D eigenvalue weighted by Gasteiger charge is -2.27. The Morgan fingerprint density at radius 2 is 1.76 bits per heavy atom. The summed E-state index contributed by atoms with van der Waals surface area (Å²) < 4.78 is 1.63. The molecule has 1 saturated heterocycles. The van der Waals surface area contributed by atoms with E-state index in [0.29, 0.717) is 29.9 Å². The first kappa shape index (κ1) is 26.8. The molecule has 1 N–H and O–H groups in total. The van der Waals surface area contributed by atoms with Crippen molar-refractivity contribution in [2.75, 3.05) is 6.54 Å². The highest BCUT2D eigenvalue weighted by Crippen LogP contribution is 2.59. The Hall–Kier alpha value is -4.40. The highest BCUT2D eigenvalue weighted by molar-refractivity contribution is 6.07. The van der Waals surface area contributed by atoms with Crippen molar-refractivity contribution >= 4 is 28.5 Å². The van der Waals surface area contributed by atoms with Crippen molar-refractivity contribution in [2.45, 2.75) is 65.6 Å². The van der Waals surface area contributed by atoms with Gasteiger partial charge in [-0.05, 0) is 67.3 Å². The number of Topliss-reactive ketones (excluding diaryl/α,β-unsaturated/α-hetero) is 1. The fourth-order valence-corrected chi connectivity index (χ4v) is 6.27. The number of carbonyl (C=O) groups is 3. The number of likely N-dealkylation sites (tertiary alicyclic amines) is 1. The van der Waals surface area contributed by atoms with Crippen molar-refractivity contribution in [1.82, 2.24) is 30.0 Å². The predicted molar refractivity (Wildman–Crippen MR) is 155 cm³/mol. The SMILES string of the molecule is CC(=O)c1nn(CC(=O)N2[C@H](C(=O)NCCc3ccccc3)C[C@@]3(C)C[C@@H]23)c2c(C)cc(-c3cnc(C)nc3)cc12. The maximum Gasteiger partial charge on any atom is 0.245 e. The van der Waals surface area contributed by atoms with Gasteiger partial charge in [0, 0.05) is 42.9 Å². The summed E-state index contributed by atoms with van der Waals surface area (Å²) in [6, 6.07) is 13.5. The van der Waals surface area contributed by atoms with Crippen molar-refractivity contribution in [3.63, 3.8) is 0 Å². The van der Waals surface area contributed by atoms with E-state index < -0.39 is 6.04 Å². The fraction of sp³-hybridized carbons (Fsp3) is 0.375. The van der Waals surface area contributed by atoms with E-state index in [0.717, 1.165) is 40.6 Å². The monoisotopic (exact) mass is 550 g/mol. The van der Waals surface area contributed by atoms with Gasteiger partial charge < -0.3 is 10.2 Å². The van der Waals surface area contributed by atoms with Gasteiger partial charge in [-0.25, -0.2) is 9.97 Å². The zero-order valence-corrected chi connectivity index (χ0v) is 23.8. The second-order valence-electron chi connectivity index (χ2n) is 11.7. The molecule has 2 aliphatic rings. The van der Waals surface area contributed by atoms with Crippen LogP contribution >= 0.6 is 0 Å². The van der Waals surface area contributed by atoms with Gasteiger partial charge in [-0.2, -0.15) is 5.10 Å². The summed E-state index contributed by atoms with van der Waals surface area (Å²) in [6.07, 6.45) is 5.80. The number of amides is 2. The number of nitrogens with one attached hydrogen (secondary N) is 1. The maximum absolute atomic E-state index is 13.8. The molecule has 3 heterocycles. The highest BCUT2D eigenvalue weighted by atomic mass is 16.2. The molecule has 0 unspecified atom stereocenters. The number of hydrogen-bond donors (Lipinski definition) is 1. The van der Waals surface area contributed by atoms with Gasteiger partial charge in [-0.15, -0.1) is 0 Å². The van der Waals surface area contributed by atoms with Crippen molar-refractivity contribution < 1.29 is 14.4 Å². The smallest absolute Gasteiger partial charge is 0.245 e. The van der Waals surface area contributed by atoms with Crippen LogP contribution in [0.15, 0.2) is 54.9 Å². The van der Waals surface area contributed by atoms with Gasteiger partial charge in [0.15, 0.2) is 5.78 Å². The molecule has 41 heavy (non-hydrogen) atoms. The fourth-order valence-electron chi connectivity index (χ4n) is 6.27. The van der Waals surface area contributed by atoms with Crippen LogP contribution in [0.4, 0.5) is 0 Å². The van der Waals surface area contributed by atoms with E-state index in [1.807, 2.05) is 56.3 Å². The Morgan fingerprint density at radius 3 is 2.46 bits per heavy atom. The molecule has 2 fully saturated rings. The molecule has 0 bridgehead atoms. The van der Waals surface area contributed by atoms with Crippen LogP contribution < -0.4 is 5.32 Å². The minimum atomic E-state index is -0.509. The standard InChI is InChI=1S/C32H34N6O3/c1-19-12-23(24-16-34-21(3)35-17-24)13-25-29(20(2)39)36-37(30(19)25)18-28(40)38-26(14-32(4)15-27(32)38)31(41)33-11-10-22-8-6-5-7-9-22/h5-9,12-13,16-17,26-27H,10-11,14-15,18H2,1-4H3,(H,33,41)/t26-,27+,32-/m0/s1. The van der Waals surface area contributed by atoms with Crippen LogP contribution in [-0.2, 0) is 22.6 Å². The minimum absolute atomic E-state index is 0.0330. The van der Waals surface area contributed by atoms with Gasteiger partial charge in [0.2, 0.25) is 11.8 Å². The van der Waals surface area contributed by atoms with Gasteiger partial charge in [0.1, 0.15) is 24.1 Å². The molecule has 2 aromatic heterocycles. The second-order valence-corrected chi connectivity index (χ2v) is 11.7. The molecule has 0 radical (unpaired) electrons. The summed E-state index contributed by atoms with van der Waals surface area (Å²) in [4.78, 5) is 50.1. The Balaban J connectivity index is 1.25. The van der Waals surface area contributed by atoms with Crippen molar-refractivity contribution in [2.24, 2.45) is 5.41 Å². The molecule has 4 aromatic rings. The topological polar surface area (TPSA) is 110 Å². The Morgan fingerprint density at radius 1 is 1.02 bits per heavy atom. The molecular formula is C32H34N6O3. The van der Waals surface area contributed by atoms with Crippen molar-refractivity contribution in [3.05, 3.63) is 77.5 Å². The molecule has 210 valence electrons. The molecule has 9 heteroatoms. The Kier molecular flexibility index (Phi) is 6.68. The number of ketones is 1. The van der Waals surface area contributed by atoms with E-state index in [1.165, 1.54) is 6.92 Å². The number of fused-ring (bicyclic) bond motifs is 2. The van der Waals surface area contributed by atoms with Gasteiger partial charge in [-0.3, -0.25) is 19.1 Å². The number of benzene rings is 2. The summed E-state index contributed by atoms with van der Waals surface area (Å²) in [5.41, 5.74) is 4.78. The molecule has 2 amide bonds. The van der Waals surface area contributed by atoms with Crippen LogP contribution in [0.3, 0.4) is 0 Å². The number of hydrogen-bond acceptors (Lipinski definition) is 6. The molecular weight excluding hydrogens is 516 g/mol. The van der Waals surface area contributed by atoms with E-state index in [1.54, 1.807) is 22.0 Å². The number of rotatable bonds is 8. The minimum Gasteiger partial charge on any atom is -0.354 e. The van der Waals surface area contributed by atoms with Crippen LogP contribution in [0.1, 0.15) is 54.1 Å². The van der Waals surface area contributed by atoms with E-state index >= 15 is 0 Å². The summed E-state index contributed by atoms with van der Waals surface area (Å²) >= 11 is 0. The number of nitrogens with zero attached hydrogens (tertiary/aromatic N) is 5. The molecule has 1 aliphatic heterocycles. The summed E-state index contributed by atoms with van der Waals surface area (Å²) in [5.74, 6) is 0.233. The molecule has 9 nitrogen and oxygen atoms in total. The highest BCUT2D eigenvalue weighted by Gasteiger charge is 2.64. The molecule has 3 atom stereocenters. The first-order valence-corrected chi connectivity index (χ1v) is 14.1. The number of aromatic nitrogens is 4. The average molecular weight is 551 g/mol. The summed E-state index contributed by atoms with van der Waals surface area (Å²) in [7, 11) is 0. The number of piperidine rings is 1. The Labute approximate surface area is 239 Å². The second kappa shape index (κ2) is 10.2. The van der Waals surface area contributed by atoms with Crippen LogP contribution in [0.2, 0.25) is 0 Å². The first-order chi connectivity index (χ1) is 19.6. The molecule has 1 saturated carbocycles. The zero-order valence-electron chi connectivity index (χ0n) is 23.8. The molecule has 1 aliphatic carbocycles. The van der Waals surface area contributed by atoms with Crippen LogP contribution in [0, 0.1) is 19.3 Å². The van der Waals surface area contributed by atoms with Crippen LogP contribution in [0.25, 0.3) is 22.0 Å². The molecule has 0 spiro atoms. The van der Waals surface area contributed by atoms with Gasteiger partial charge >= 0.3 is 0 Å². The first-order valence-electron chi connectivity index (χ1n) is 14.1. The van der Waals surface area contributed by atoms with E-state index in [2.05, 4.69) is 27.3 Å². The van der Waals surface area contributed by atoms with E-state index in [4.69, 9.17) is 0 Å². The third kappa shape index (κ3) is 5.01. The summed E-state index contributed by atoms with van der Waals surface area (Å²) in [5, 5.41) is 8.35. The lowest BCUT2D eigenvalue weighted by molar-refractivity contribution is -0.140. The zero-order chi connectivity index (χ0) is 28.9. The largest absolute Gasteiger partial charge is 0.354 e. The van der Waals surface area contributed by atoms with Crippen molar-refractivity contribution in [3.8, 4) is 11.1 Å². The third-order valence-corrected chi connectivity index (χ3v) is 8.55. The number of carbonyl (C=O) groups excluding carboxylic acids is 3. The quantitative estimate of drug-likeness (QED) is 0.332. The maximum atomic E-state index is 13.8. The normalized spacial score (nSPS) is 21.1. The van der Waals surface area contributed by atoms with Gasteiger partial charge in [0.05, 0.1) is 5.52 Å². The van der Waals surface area contributed by atoms with Crippen LogP contribution in [0.5, 0.6) is 0 Å². The predicted octanol–water partition coefficient (Wildman–Crippen LogP) is 4.05. The van der Waals surface area contributed by atoms with E-state index in [-0.39, 0.29) is 35.6 Å². The van der Waals surface area contributed by atoms with Crippen LogP contribution in [-0.4, -0.2) is 60.9 Å². The third-order valence-electron chi connectivity index (χ3n) is 8.55. The number of aryl methyl sites for hydroxylation is 2. The molecule has 2 aromatic carbocycles. The molecule has 6 rings (SSSR count). The van der Waals surface area contributed by atoms with Gasteiger partial charge in [0.25, 0.3) is 0 Å². The summed E-state index contributed by atoms with van der Waals surface area (Å²) in [6.45, 7) is 7.88. The van der Waals surface area contributed by atoms with Crippen molar-refractivity contribution in [1.29, 1.82) is 0 Å². The lowest BCUT2D eigenvalue weighted by atomic mass is 10.0. The van der Waals surface area contributed by atoms with Gasteiger partial charge in [-0.1, -0.05) is 37.3 Å². The average Bonchev–Trinajstić information content (AvgIpc) is 3.30. The Bertz CT molecular complexity index is 1660. The lowest BCUT2D eigenvalue weighted by Crippen LogP contribution is -2.49. The van der Waals surface area contributed by atoms with E-state index in [9.17, 15) is 14.4 Å².